The van der Waals surface area contributed by atoms with E-state index in [9.17, 15) is 15.4 Å². The SMILES string of the molecule is CC(C)c1ccccc1N/C=C(\C#N)c1nc(-c2cccc([N+](=O)[O-])c2)cs1. The monoisotopic (exact) mass is 390 g/mol. The molecule has 6 nitrogen and oxygen atoms in total. The summed E-state index contributed by atoms with van der Waals surface area (Å²) in [6.07, 6.45) is 1.65. The normalized spacial score (nSPS) is 11.3. The number of non-ortho nitro benzene ring substituents is 1. The van der Waals surface area contributed by atoms with Crippen LogP contribution < -0.4 is 5.32 Å². The van der Waals surface area contributed by atoms with Gasteiger partial charge in [-0.05, 0) is 17.5 Å². The van der Waals surface area contributed by atoms with E-state index in [2.05, 4.69) is 36.3 Å². The van der Waals surface area contributed by atoms with Crippen LogP contribution >= 0.6 is 11.3 Å². The second kappa shape index (κ2) is 8.46. The number of rotatable bonds is 6. The summed E-state index contributed by atoms with van der Waals surface area (Å²) in [5.74, 6) is 0.350. The van der Waals surface area contributed by atoms with Gasteiger partial charge in [-0.15, -0.1) is 11.3 Å². The zero-order valence-electron chi connectivity index (χ0n) is 15.4. The number of para-hydroxylation sites is 1. The van der Waals surface area contributed by atoms with Crippen LogP contribution in [0.15, 0.2) is 60.1 Å². The van der Waals surface area contributed by atoms with E-state index in [1.165, 1.54) is 23.5 Å². The van der Waals surface area contributed by atoms with E-state index >= 15 is 0 Å². The van der Waals surface area contributed by atoms with E-state index in [0.29, 0.717) is 27.8 Å². The smallest absolute Gasteiger partial charge is 0.270 e. The lowest BCUT2D eigenvalue weighted by Crippen LogP contribution is -1.97. The van der Waals surface area contributed by atoms with Crippen LogP contribution in [0.4, 0.5) is 11.4 Å². The molecule has 0 fully saturated rings. The predicted octanol–water partition coefficient (Wildman–Crippen LogP) is 5.82. The van der Waals surface area contributed by atoms with Gasteiger partial charge in [0.25, 0.3) is 5.69 Å². The number of nitrogens with one attached hydrogen (secondary N) is 1. The molecule has 3 aromatic rings. The summed E-state index contributed by atoms with van der Waals surface area (Å²) in [5, 5.41) is 26.1. The summed E-state index contributed by atoms with van der Waals surface area (Å²) in [4.78, 5) is 15.0. The molecule has 3 rings (SSSR count). The van der Waals surface area contributed by atoms with Crippen molar-refractivity contribution in [3.63, 3.8) is 0 Å². The van der Waals surface area contributed by atoms with Crippen LogP contribution in [0.3, 0.4) is 0 Å². The highest BCUT2D eigenvalue weighted by atomic mass is 32.1. The Balaban J connectivity index is 1.87. The highest BCUT2D eigenvalue weighted by Gasteiger charge is 2.12. The molecule has 0 bridgehead atoms. The zero-order valence-corrected chi connectivity index (χ0v) is 16.2. The second-order valence-electron chi connectivity index (χ2n) is 6.40. The van der Waals surface area contributed by atoms with Crippen molar-refractivity contribution in [2.75, 3.05) is 5.32 Å². The number of aromatic nitrogens is 1. The molecule has 0 spiro atoms. The molecule has 1 heterocycles. The summed E-state index contributed by atoms with van der Waals surface area (Å²) < 4.78 is 0. The second-order valence-corrected chi connectivity index (χ2v) is 7.26. The van der Waals surface area contributed by atoms with Gasteiger partial charge in [-0.25, -0.2) is 4.98 Å². The number of thiazole rings is 1. The third-order valence-electron chi connectivity index (χ3n) is 4.16. The molecule has 7 heteroatoms. The number of nitriles is 1. The molecule has 0 aliphatic heterocycles. The summed E-state index contributed by atoms with van der Waals surface area (Å²) in [7, 11) is 0. The van der Waals surface area contributed by atoms with E-state index in [1.807, 2.05) is 18.2 Å². The maximum Gasteiger partial charge on any atom is 0.270 e. The van der Waals surface area contributed by atoms with Gasteiger partial charge in [0.2, 0.25) is 0 Å². The van der Waals surface area contributed by atoms with Crippen LogP contribution in [-0.4, -0.2) is 9.91 Å². The molecular weight excluding hydrogens is 372 g/mol. The first kappa shape index (κ1) is 19.3. The fourth-order valence-corrected chi connectivity index (χ4v) is 3.53. The van der Waals surface area contributed by atoms with Crippen molar-refractivity contribution in [2.24, 2.45) is 0 Å². The predicted molar refractivity (Wildman–Crippen MR) is 112 cm³/mol. The Hall–Kier alpha value is -3.50. The van der Waals surface area contributed by atoms with Crippen molar-refractivity contribution >= 4 is 28.3 Å². The average Bonchev–Trinajstić information content (AvgIpc) is 3.19. The molecule has 1 N–H and O–H groups in total. The Morgan fingerprint density at radius 3 is 2.79 bits per heavy atom. The Morgan fingerprint density at radius 1 is 1.29 bits per heavy atom. The number of hydrogen-bond acceptors (Lipinski definition) is 6. The first-order valence-corrected chi connectivity index (χ1v) is 9.54. The van der Waals surface area contributed by atoms with E-state index < -0.39 is 4.92 Å². The third-order valence-corrected chi connectivity index (χ3v) is 5.04. The molecule has 140 valence electrons. The molecule has 0 aliphatic rings. The van der Waals surface area contributed by atoms with Crippen LogP contribution in [0.2, 0.25) is 0 Å². The Morgan fingerprint density at radius 2 is 2.07 bits per heavy atom. The number of nitro benzene ring substituents is 1. The van der Waals surface area contributed by atoms with Crippen molar-refractivity contribution in [3.8, 4) is 17.3 Å². The number of nitrogens with zero attached hydrogens (tertiary/aromatic N) is 3. The quantitative estimate of drug-likeness (QED) is 0.325. The Labute approximate surface area is 167 Å². The van der Waals surface area contributed by atoms with E-state index in [4.69, 9.17) is 0 Å². The average molecular weight is 390 g/mol. The van der Waals surface area contributed by atoms with Gasteiger partial charge in [0, 0.05) is 35.0 Å². The summed E-state index contributed by atoms with van der Waals surface area (Å²) in [6.45, 7) is 4.23. The Kier molecular flexibility index (Phi) is 5.82. The largest absolute Gasteiger partial charge is 0.360 e. The van der Waals surface area contributed by atoms with E-state index in [-0.39, 0.29) is 5.69 Å². The van der Waals surface area contributed by atoms with Gasteiger partial charge < -0.3 is 5.32 Å². The number of hydrogen-bond donors (Lipinski definition) is 1. The van der Waals surface area contributed by atoms with Crippen LogP contribution in [0.5, 0.6) is 0 Å². The third kappa shape index (κ3) is 4.24. The zero-order chi connectivity index (χ0) is 20.1. The standard InChI is InChI=1S/C21H18N4O2S/c1-14(2)18-8-3-4-9-19(18)23-12-16(11-22)21-24-20(13-28-21)15-6-5-7-17(10-15)25(26)27/h3-10,12-14,23H,1-2H3/b16-12+. The van der Waals surface area contributed by atoms with Crippen molar-refractivity contribution in [1.29, 1.82) is 5.26 Å². The fraction of sp³-hybridized carbons (Fsp3) is 0.143. The van der Waals surface area contributed by atoms with E-state index in [1.54, 1.807) is 23.7 Å². The van der Waals surface area contributed by atoms with Crippen molar-refractivity contribution in [1.82, 2.24) is 4.98 Å². The molecule has 0 saturated carbocycles. The van der Waals surface area contributed by atoms with Crippen LogP contribution in [0.25, 0.3) is 16.8 Å². The topological polar surface area (TPSA) is 91.8 Å². The minimum absolute atomic E-state index is 0.00931. The lowest BCUT2D eigenvalue weighted by molar-refractivity contribution is -0.384. The molecule has 0 radical (unpaired) electrons. The minimum atomic E-state index is -0.437. The van der Waals surface area contributed by atoms with Crippen LogP contribution in [0.1, 0.15) is 30.3 Å². The molecule has 0 aliphatic carbocycles. The number of allylic oxidation sites excluding steroid dienone is 1. The number of benzene rings is 2. The molecular formula is C21H18N4O2S. The Bertz CT molecular complexity index is 1080. The lowest BCUT2D eigenvalue weighted by atomic mass is 10.0. The van der Waals surface area contributed by atoms with Crippen molar-refractivity contribution in [2.45, 2.75) is 19.8 Å². The molecule has 0 amide bonds. The summed E-state index contributed by atoms with van der Waals surface area (Å²) in [5.41, 5.74) is 3.77. The first-order valence-electron chi connectivity index (χ1n) is 8.66. The van der Waals surface area contributed by atoms with Crippen LogP contribution in [-0.2, 0) is 0 Å². The molecule has 28 heavy (non-hydrogen) atoms. The summed E-state index contributed by atoms with van der Waals surface area (Å²) >= 11 is 1.33. The van der Waals surface area contributed by atoms with Crippen molar-refractivity contribution < 1.29 is 4.92 Å². The maximum absolute atomic E-state index is 11.0. The highest BCUT2D eigenvalue weighted by Crippen LogP contribution is 2.29. The molecule has 2 aromatic carbocycles. The van der Waals surface area contributed by atoms with Gasteiger partial charge in [0.1, 0.15) is 16.6 Å². The first-order chi connectivity index (χ1) is 13.5. The van der Waals surface area contributed by atoms with Crippen LogP contribution in [0, 0.1) is 21.4 Å². The highest BCUT2D eigenvalue weighted by molar-refractivity contribution is 7.11. The number of nitro groups is 1. The van der Waals surface area contributed by atoms with Gasteiger partial charge in [0.15, 0.2) is 0 Å². The van der Waals surface area contributed by atoms with Gasteiger partial charge >= 0.3 is 0 Å². The minimum Gasteiger partial charge on any atom is -0.360 e. The molecule has 0 atom stereocenters. The molecule has 1 aromatic heterocycles. The van der Waals surface area contributed by atoms with Gasteiger partial charge in [0.05, 0.1) is 10.6 Å². The molecule has 0 unspecified atom stereocenters. The van der Waals surface area contributed by atoms with Gasteiger partial charge in [-0.2, -0.15) is 5.26 Å². The fourth-order valence-electron chi connectivity index (χ4n) is 2.73. The van der Waals surface area contributed by atoms with Gasteiger partial charge in [-0.1, -0.05) is 44.2 Å². The summed E-state index contributed by atoms with van der Waals surface area (Å²) in [6, 6.07) is 16.4. The van der Waals surface area contributed by atoms with Crippen molar-refractivity contribution in [3.05, 3.63) is 80.8 Å². The lowest BCUT2D eigenvalue weighted by Gasteiger charge is -2.12. The van der Waals surface area contributed by atoms with Gasteiger partial charge in [-0.3, -0.25) is 10.1 Å². The molecule has 0 saturated heterocycles. The van der Waals surface area contributed by atoms with E-state index in [0.717, 1.165) is 11.3 Å². The number of anilines is 1. The maximum atomic E-state index is 11.0.